The average Bonchev–Trinajstić information content (AvgIpc) is 2.90. The van der Waals surface area contributed by atoms with Crippen molar-refractivity contribution < 1.29 is 9.59 Å². The Bertz CT molecular complexity index is 1070. The Hall–Kier alpha value is -2.82. The molecule has 0 N–H and O–H groups in total. The number of carbonyl (C=O) groups is 2. The molecular weight excluding hydrogens is 470 g/mol. The van der Waals surface area contributed by atoms with Gasteiger partial charge in [-0.05, 0) is 70.2 Å². The molecule has 0 saturated carbocycles. The molecule has 5 nitrogen and oxygen atoms in total. The summed E-state index contributed by atoms with van der Waals surface area (Å²) in [4.78, 5) is 35.2. The predicted octanol–water partition coefficient (Wildman–Crippen LogP) is 7.12. The van der Waals surface area contributed by atoms with Crippen molar-refractivity contribution in [3.8, 4) is 0 Å². The Morgan fingerprint density at radius 3 is 1.61 bits per heavy atom. The molecule has 5 heteroatoms. The lowest BCUT2D eigenvalue weighted by Gasteiger charge is -2.47. The molecule has 0 bridgehead atoms. The molecule has 206 valence electrons. The van der Waals surface area contributed by atoms with Crippen molar-refractivity contribution in [3.05, 3.63) is 59.7 Å². The van der Waals surface area contributed by atoms with E-state index in [0.29, 0.717) is 19.4 Å². The maximum Gasteiger partial charge on any atom is 0.236 e. The molecule has 2 amide bonds. The van der Waals surface area contributed by atoms with Crippen LogP contribution >= 0.6 is 0 Å². The molecule has 0 saturated heterocycles. The summed E-state index contributed by atoms with van der Waals surface area (Å²) in [6.07, 6.45) is 6.77. The first-order chi connectivity index (χ1) is 18.0. The van der Waals surface area contributed by atoms with Crippen molar-refractivity contribution in [2.75, 3.05) is 30.4 Å². The van der Waals surface area contributed by atoms with E-state index in [4.69, 9.17) is 0 Å². The Morgan fingerprint density at radius 2 is 1.16 bits per heavy atom. The third-order valence-corrected chi connectivity index (χ3v) is 9.18. The van der Waals surface area contributed by atoms with Crippen molar-refractivity contribution in [2.45, 2.75) is 102 Å². The molecule has 2 heterocycles. The first-order valence-electron chi connectivity index (χ1n) is 14.5. The zero-order chi connectivity index (χ0) is 27.7. The number of unbranched alkanes of at least 4 members (excludes halogenated alkanes) is 4. The zero-order valence-electron chi connectivity index (χ0n) is 24.6. The van der Waals surface area contributed by atoms with Gasteiger partial charge in [0.2, 0.25) is 11.8 Å². The second-order valence-electron chi connectivity index (χ2n) is 12.6. The van der Waals surface area contributed by atoms with Gasteiger partial charge < -0.3 is 9.80 Å². The standard InChI is InChI=1S/C33H47N3O2/c1-8-9-10-11-16-21-36(30(37)26-22-32(2,3)34(6)28-19-14-12-17-24(26)28)31(38)27-23-33(4,5)35(7)29-20-15-13-18-25(27)29/h12-15,17-20,26-27H,8-11,16,21-23H2,1-7H3. The van der Waals surface area contributed by atoms with E-state index >= 15 is 0 Å². The van der Waals surface area contributed by atoms with E-state index in [1.54, 1.807) is 4.90 Å². The molecule has 0 spiro atoms. The normalized spacial score (nSPS) is 21.4. The van der Waals surface area contributed by atoms with Crippen LogP contribution in [-0.2, 0) is 9.59 Å². The molecule has 0 aromatic heterocycles. The molecule has 0 aliphatic carbocycles. The monoisotopic (exact) mass is 517 g/mol. The molecule has 2 aromatic carbocycles. The lowest BCUT2D eigenvalue weighted by Crippen LogP contribution is -2.53. The number of fused-ring (bicyclic) bond motifs is 2. The number of rotatable bonds is 8. The van der Waals surface area contributed by atoms with Gasteiger partial charge in [0.05, 0.1) is 11.8 Å². The smallest absolute Gasteiger partial charge is 0.236 e. The number of amides is 2. The van der Waals surface area contributed by atoms with Gasteiger partial charge in [0.25, 0.3) is 0 Å². The van der Waals surface area contributed by atoms with Gasteiger partial charge in [0.15, 0.2) is 0 Å². The van der Waals surface area contributed by atoms with Gasteiger partial charge in [-0.15, -0.1) is 0 Å². The minimum atomic E-state index is -0.327. The number of imide groups is 1. The number of benzene rings is 2. The van der Waals surface area contributed by atoms with Crippen LogP contribution in [0.1, 0.15) is 103 Å². The summed E-state index contributed by atoms with van der Waals surface area (Å²) in [5.74, 6) is -0.723. The second-order valence-corrected chi connectivity index (χ2v) is 12.6. The van der Waals surface area contributed by atoms with Crippen LogP contribution in [0.4, 0.5) is 11.4 Å². The first-order valence-corrected chi connectivity index (χ1v) is 14.5. The van der Waals surface area contributed by atoms with Crippen molar-refractivity contribution in [3.63, 3.8) is 0 Å². The van der Waals surface area contributed by atoms with Crippen LogP contribution < -0.4 is 9.80 Å². The molecule has 0 radical (unpaired) electrons. The Balaban J connectivity index is 1.70. The van der Waals surface area contributed by atoms with E-state index in [9.17, 15) is 9.59 Å². The number of anilines is 2. The maximum absolute atomic E-state index is 14.5. The van der Waals surface area contributed by atoms with E-state index < -0.39 is 0 Å². The summed E-state index contributed by atoms with van der Waals surface area (Å²) in [5.41, 5.74) is 3.87. The summed E-state index contributed by atoms with van der Waals surface area (Å²) in [6.45, 7) is 11.5. The van der Waals surface area contributed by atoms with Gasteiger partial charge >= 0.3 is 0 Å². The van der Waals surface area contributed by atoms with Gasteiger partial charge in [-0.25, -0.2) is 0 Å². The molecular formula is C33H47N3O2. The molecule has 2 aliphatic heterocycles. The Kier molecular flexibility index (Phi) is 8.25. The van der Waals surface area contributed by atoms with E-state index in [1.165, 1.54) is 12.8 Å². The van der Waals surface area contributed by atoms with Gasteiger partial charge in [-0.1, -0.05) is 69.0 Å². The lowest BCUT2D eigenvalue weighted by molar-refractivity contribution is -0.147. The van der Waals surface area contributed by atoms with Crippen LogP contribution in [0, 0.1) is 0 Å². The van der Waals surface area contributed by atoms with Crippen LogP contribution in [-0.4, -0.2) is 48.4 Å². The summed E-state index contributed by atoms with van der Waals surface area (Å²) >= 11 is 0. The molecule has 2 aromatic rings. The highest BCUT2D eigenvalue weighted by Gasteiger charge is 2.45. The van der Waals surface area contributed by atoms with Gasteiger partial charge in [-0.2, -0.15) is 0 Å². The highest BCUT2D eigenvalue weighted by atomic mass is 16.2. The minimum absolute atomic E-state index is 0.0340. The van der Waals surface area contributed by atoms with Crippen LogP contribution in [0.25, 0.3) is 0 Å². The Labute approximate surface area is 230 Å². The van der Waals surface area contributed by atoms with Crippen molar-refractivity contribution in [2.24, 2.45) is 0 Å². The maximum atomic E-state index is 14.5. The average molecular weight is 518 g/mol. The predicted molar refractivity (Wildman–Crippen MR) is 158 cm³/mol. The number of hydrogen-bond donors (Lipinski definition) is 0. The highest BCUT2D eigenvalue weighted by molar-refractivity contribution is 6.02. The largest absolute Gasteiger partial charge is 0.369 e. The van der Waals surface area contributed by atoms with Gasteiger partial charge in [-0.3, -0.25) is 14.5 Å². The Morgan fingerprint density at radius 1 is 0.737 bits per heavy atom. The lowest BCUT2D eigenvalue weighted by atomic mass is 9.77. The molecule has 2 aliphatic rings. The quantitative estimate of drug-likeness (QED) is 0.276. The SMILES string of the molecule is CCCCCCCN(C(=O)C1CC(C)(C)N(C)c2ccccc21)C(=O)C1CC(C)(C)N(C)c2ccccc21. The summed E-state index contributed by atoms with van der Waals surface area (Å²) in [7, 11) is 4.21. The van der Waals surface area contributed by atoms with Gasteiger partial charge in [0, 0.05) is 43.1 Å². The summed E-state index contributed by atoms with van der Waals surface area (Å²) in [6, 6.07) is 16.4. The van der Waals surface area contributed by atoms with Crippen LogP contribution in [0.2, 0.25) is 0 Å². The fraction of sp³-hybridized carbons (Fsp3) is 0.576. The topological polar surface area (TPSA) is 43.9 Å². The number of para-hydroxylation sites is 2. The van der Waals surface area contributed by atoms with E-state index in [2.05, 4.69) is 82.8 Å². The number of nitrogens with zero attached hydrogens (tertiary/aromatic N) is 3. The zero-order valence-corrected chi connectivity index (χ0v) is 24.6. The summed E-state index contributed by atoms with van der Waals surface area (Å²) < 4.78 is 0. The van der Waals surface area contributed by atoms with Crippen LogP contribution in [0.5, 0.6) is 0 Å². The molecule has 0 fully saturated rings. The van der Waals surface area contributed by atoms with Crippen molar-refractivity contribution >= 4 is 23.2 Å². The highest BCUT2D eigenvalue weighted by Crippen LogP contribution is 2.46. The fourth-order valence-corrected chi connectivity index (χ4v) is 6.34. The second kappa shape index (κ2) is 11.1. The third kappa shape index (κ3) is 5.34. The van der Waals surface area contributed by atoms with E-state index in [-0.39, 0.29) is 34.7 Å². The first kappa shape index (κ1) is 28.2. The number of hydrogen-bond acceptors (Lipinski definition) is 4. The van der Waals surface area contributed by atoms with E-state index in [1.807, 2.05) is 24.3 Å². The molecule has 4 rings (SSSR count). The minimum Gasteiger partial charge on any atom is -0.369 e. The summed E-state index contributed by atoms with van der Waals surface area (Å²) in [5, 5.41) is 0. The van der Waals surface area contributed by atoms with Crippen LogP contribution in [0.15, 0.2) is 48.5 Å². The van der Waals surface area contributed by atoms with Crippen molar-refractivity contribution in [1.82, 2.24) is 4.90 Å². The fourth-order valence-electron chi connectivity index (χ4n) is 6.34. The molecule has 2 unspecified atom stereocenters. The van der Waals surface area contributed by atoms with E-state index in [0.717, 1.165) is 41.8 Å². The van der Waals surface area contributed by atoms with Crippen molar-refractivity contribution in [1.29, 1.82) is 0 Å². The molecule has 38 heavy (non-hydrogen) atoms. The molecule has 2 atom stereocenters. The number of carbonyl (C=O) groups excluding carboxylic acids is 2. The van der Waals surface area contributed by atoms with Crippen LogP contribution in [0.3, 0.4) is 0 Å². The van der Waals surface area contributed by atoms with Gasteiger partial charge in [0.1, 0.15) is 0 Å². The third-order valence-electron chi connectivity index (χ3n) is 9.18.